The molecule has 1 aliphatic heterocycles. The smallest absolute Gasteiger partial charge is 0.379 e. The summed E-state index contributed by atoms with van der Waals surface area (Å²) < 4.78 is 29.8. The molecule has 0 spiro atoms. The lowest BCUT2D eigenvalue weighted by Crippen LogP contribution is -2.47. The molecule has 0 amide bonds. The standard InChI is InChI=1S/C20H42O5Si/c1-4-7-10-15-24-26(23-14-9-6-3,25-16-11-8-5-2)17-12-13-21-18-20-19-22-20/h20H,4-19H2,1-3H3. The van der Waals surface area contributed by atoms with E-state index >= 15 is 0 Å². The maximum absolute atomic E-state index is 6.31. The van der Waals surface area contributed by atoms with Crippen LogP contribution in [0.2, 0.25) is 6.04 Å². The van der Waals surface area contributed by atoms with Crippen molar-refractivity contribution in [3.05, 3.63) is 0 Å². The Hall–Kier alpha value is 0.0169. The third-order valence-corrected chi connectivity index (χ3v) is 7.34. The van der Waals surface area contributed by atoms with Crippen molar-refractivity contribution in [2.45, 2.75) is 90.7 Å². The minimum Gasteiger partial charge on any atom is -0.379 e. The molecule has 0 aromatic carbocycles. The van der Waals surface area contributed by atoms with Crippen molar-refractivity contribution < 1.29 is 22.8 Å². The Morgan fingerprint density at radius 3 is 1.77 bits per heavy atom. The zero-order valence-corrected chi connectivity index (χ0v) is 18.4. The maximum Gasteiger partial charge on any atom is 0.501 e. The molecule has 0 aromatic heterocycles. The van der Waals surface area contributed by atoms with Crippen molar-refractivity contribution in [3.63, 3.8) is 0 Å². The van der Waals surface area contributed by atoms with Crippen LogP contribution in [0.15, 0.2) is 0 Å². The second kappa shape index (κ2) is 16.0. The molecule has 0 aromatic rings. The molecular weight excluding hydrogens is 348 g/mol. The van der Waals surface area contributed by atoms with Crippen LogP contribution in [0.5, 0.6) is 0 Å². The van der Waals surface area contributed by atoms with Gasteiger partial charge in [-0.3, -0.25) is 0 Å². The van der Waals surface area contributed by atoms with E-state index in [9.17, 15) is 0 Å². The van der Waals surface area contributed by atoms with Crippen molar-refractivity contribution in [2.75, 3.05) is 39.6 Å². The first-order valence-electron chi connectivity index (χ1n) is 10.9. The van der Waals surface area contributed by atoms with Crippen molar-refractivity contribution in [3.8, 4) is 0 Å². The summed E-state index contributed by atoms with van der Waals surface area (Å²) in [6.45, 7) is 11.1. The lowest BCUT2D eigenvalue weighted by Gasteiger charge is -2.30. The van der Waals surface area contributed by atoms with E-state index in [2.05, 4.69) is 20.8 Å². The molecule has 5 nitrogen and oxygen atoms in total. The number of hydrogen-bond acceptors (Lipinski definition) is 5. The molecule has 156 valence electrons. The number of hydrogen-bond donors (Lipinski definition) is 0. The van der Waals surface area contributed by atoms with Gasteiger partial charge in [0.15, 0.2) is 0 Å². The molecule has 0 saturated carbocycles. The normalized spacial score (nSPS) is 17.0. The van der Waals surface area contributed by atoms with Gasteiger partial charge >= 0.3 is 8.80 Å². The van der Waals surface area contributed by atoms with Crippen LogP contribution in [0, 0.1) is 0 Å². The topological polar surface area (TPSA) is 49.5 Å². The van der Waals surface area contributed by atoms with Gasteiger partial charge in [-0.15, -0.1) is 0 Å². The van der Waals surface area contributed by atoms with Crippen molar-refractivity contribution in [1.82, 2.24) is 0 Å². The molecule has 26 heavy (non-hydrogen) atoms. The number of unbranched alkanes of at least 4 members (excludes halogenated alkanes) is 5. The van der Waals surface area contributed by atoms with Crippen LogP contribution in [0.4, 0.5) is 0 Å². The molecule has 1 aliphatic rings. The van der Waals surface area contributed by atoms with E-state index in [4.69, 9.17) is 22.8 Å². The Bertz CT molecular complexity index is 301. The van der Waals surface area contributed by atoms with Gasteiger partial charge in [0.2, 0.25) is 0 Å². The molecule has 1 rings (SSSR count). The Labute approximate surface area is 162 Å². The summed E-state index contributed by atoms with van der Waals surface area (Å²) >= 11 is 0. The van der Waals surface area contributed by atoms with Gasteiger partial charge in [0.1, 0.15) is 6.10 Å². The molecular formula is C20H42O5Si. The Morgan fingerprint density at radius 1 is 0.731 bits per heavy atom. The number of ether oxygens (including phenoxy) is 2. The number of epoxide rings is 1. The average Bonchev–Trinajstić information content (AvgIpc) is 3.47. The summed E-state index contributed by atoms with van der Waals surface area (Å²) in [6.07, 6.45) is 10.4. The molecule has 0 bridgehead atoms. The molecule has 0 N–H and O–H groups in total. The van der Waals surface area contributed by atoms with Crippen molar-refractivity contribution >= 4 is 8.80 Å². The van der Waals surface area contributed by atoms with Gasteiger partial charge in [0, 0.05) is 32.5 Å². The van der Waals surface area contributed by atoms with Gasteiger partial charge in [-0.1, -0.05) is 52.9 Å². The maximum atomic E-state index is 6.31. The van der Waals surface area contributed by atoms with Gasteiger partial charge in [-0.05, 0) is 25.7 Å². The van der Waals surface area contributed by atoms with Crippen LogP contribution in [0.1, 0.15) is 78.6 Å². The monoisotopic (exact) mass is 390 g/mol. The summed E-state index contributed by atoms with van der Waals surface area (Å²) in [5.41, 5.74) is 0. The van der Waals surface area contributed by atoms with Crippen LogP contribution >= 0.6 is 0 Å². The molecule has 6 heteroatoms. The molecule has 1 unspecified atom stereocenters. The SMILES string of the molecule is CCCCCO[Si](CCCOCC1CO1)(OCCCC)OCCCCC. The average molecular weight is 391 g/mol. The molecule has 0 aliphatic carbocycles. The second-order valence-corrected chi connectivity index (χ2v) is 9.86. The predicted molar refractivity (Wildman–Crippen MR) is 108 cm³/mol. The summed E-state index contributed by atoms with van der Waals surface area (Å²) in [6, 6.07) is 0.848. The Balaban J connectivity index is 2.46. The van der Waals surface area contributed by atoms with Gasteiger partial charge in [-0.25, -0.2) is 0 Å². The van der Waals surface area contributed by atoms with Crippen LogP contribution in [0.25, 0.3) is 0 Å². The first-order chi connectivity index (χ1) is 12.8. The molecule has 1 fully saturated rings. The molecule has 1 atom stereocenters. The first kappa shape index (κ1) is 24.1. The Kier molecular flexibility index (Phi) is 14.8. The van der Waals surface area contributed by atoms with E-state index in [-0.39, 0.29) is 0 Å². The summed E-state index contributed by atoms with van der Waals surface area (Å²) in [4.78, 5) is 0. The predicted octanol–water partition coefficient (Wildman–Crippen LogP) is 4.96. The van der Waals surface area contributed by atoms with E-state index < -0.39 is 8.80 Å². The van der Waals surface area contributed by atoms with Gasteiger partial charge in [0.25, 0.3) is 0 Å². The van der Waals surface area contributed by atoms with Crippen molar-refractivity contribution in [2.24, 2.45) is 0 Å². The first-order valence-corrected chi connectivity index (χ1v) is 12.8. The van der Waals surface area contributed by atoms with E-state index in [0.29, 0.717) is 12.7 Å². The Morgan fingerprint density at radius 2 is 1.27 bits per heavy atom. The summed E-state index contributed by atoms with van der Waals surface area (Å²) in [7, 11) is -2.61. The number of rotatable bonds is 20. The molecule has 1 saturated heterocycles. The quantitative estimate of drug-likeness (QED) is 0.167. The zero-order valence-electron chi connectivity index (χ0n) is 17.4. The highest BCUT2D eigenvalue weighted by Crippen LogP contribution is 2.21. The fourth-order valence-corrected chi connectivity index (χ4v) is 5.27. The van der Waals surface area contributed by atoms with E-state index in [1.165, 1.54) is 25.7 Å². The fraction of sp³-hybridized carbons (Fsp3) is 1.00. The van der Waals surface area contributed by atoms with Crippen LogP contribution in [0.3, 0.4) is 0 Å². The largest absolute Gasteiger partial charge is 0.501 e. The third kappa shape index (κ3) is 12.4. The third-order valence-electron chi connectivity index (χ3n) is 4.44. The lowest BCUT2D eigenvalue weighted by molar-refractivity contribution is 0.0510. The van der Waals surface area contributed by atoms with Crippen LogP contribution in [-0.4, -0.2) is 54.5 Å². The highest BCUT2D eigenvalue weighted by molar-refractivity contribution is 6.60. The molecule has 0 radical (unpaired) electrons. The highest BCUT2D eigenvalue weighted by Gasteiger charge is 2.40. The van der Waals surface area contributed by atoms with E-state index in [1.807, 2.05) is 0 Å². The summed E-state index contributed by atoms with van der Waals surface area (Å²) in [5, 5.41) is 0. The second-order valence-electron chi connectivity index (χ2n) is 7.13. The summed E-state index contributed by atoms with van der Waals surface area (Å²) in [5.74, 6) is 0. The van der Waals surface area contributed by atoms with Gasteiger partial charge in [0.05, 0.1) is 13.2 Å². The minimum absolute atomic E-state index is 0.327. The fourth-order valence-electron chi connectivity index (χ4n) is 2.64. The van der Waals surface area contributed by atoms with Gasteiger partial charge in [-0.2, -0.15) is 0 Å². The van der Waals surface area contributed by atoms with Crippen LogP contribution < -0.4 is 0 Å². The van der Waals surface area contributed by atoms with E-state index in [0.717, 1.165) is 71.2 Å². The molecule has 1 heterocycles. The highest BCUT2D eigenvalue weighted by atomic mass is 28.4. The van der Waals surface area contributed by atoms with Crippen molar-refractivity contribution in [1.29, 1.82) is 0 Å². The lowest BCUT2D eigenvalue weighted by atomic mass is 10.3. The minimum atomic E-state index is -2.61. The zero-order chi connectivity index (χ0) is 18.9. The van der Waals surface area contributed by atoms with Gasteiger partial charge < -0.3 is 22.8 Å². The van der Waals surface area contributed by atoms with E-state index in [1.54, 1.807) is 0 Å². The van der Waals surface area contributed by atoms with Crippen LogP contribution in [-0.2, 0) is 22.8 Å².